The van der Waals surface area contributed by atoms with Gasteiger partial charge in [-0.2, -0.15) is 0 Å². The van der Waals surface area contributed by atoms with Gasteiger partial charge < -0.3 is 15.1 Å². The van der Waals surface area contributed by atoms with Gasteiger partial charge >= 0.3 is 0 Å². The lowest BCUT2D eigenvalue weighted by Gasteiger charge is -2.21. The predicted octanol–water partition coefficient (Wildman–Crippen LogP) is 3.68. The molecule has 4 rings (SSSR count). The zero-order chi connectivity index (χ0) is 21.7. The minimum absolute atomic E-state index is 0.00600. The molecule has 0 fully saturated rings. The molecule has 0 aliphatic carbocycles. The van der Waals surface area contributed by atoms with Crippen molar-refractivity contribution in [3.8, 4) is 0 Å². The standard InChI is InChI=1S/C20H15Cl2N3O5/c1-3-10(11-5-4-7(2)30-11)23-15-16(18(27)17(15)26)24-14-9(22)6-8(21)12-13(14)20(29)25-19(12)28/h4-6,10,23-24H,3H2,1-2H3,(H,25,28,29)/t10-/m1/s1. The molecule has 2 heterocycles. The fourth-order valence-corrected chi connectivity index (χ4v) is 3.98. The molecule has 1 aliphatic rings. The number of rotatable bonds is 6. The molecule has 10 heteroatoms. The van der Waals surface area contributed by atoms with E-state index in [0.717, 1.165) is 0 Å². The fourth-order valence-electron chi connectivity index (χ4n) is 3.38. The van der Waals surface area contributed by atoms with Gasteiger partial charge in [0, 0.05) is 0 Å². The molecule has 3 N–H and O–H groups in total. The van der Waals surface area contributed by atoms with E-state index in [1.165, 1.54) is 6.07 Å². The van der Waals surface area contributed by atoms with Gasteiger partial charge in [-0.15, -0.1) is 0 Å². The number of carbonyl (C=O) groups is 2. The molecule has 0 saturated carbocycles. The zero-order valence-electron chi connectivity index (χ0n) is 15.8. The largest absolute Gasteiger partial charge is 0.464 e. The van der Waals surface area contributed by atoms with Crippen molar-refractivity contribution in [2.45, 2.75) is 26.3 Å². The van der Waals surface area contributed by atoms with Crippen LogP contribution >= 0.6 is 23.2 Å². The molecule has 0 spiro atoms. The Kier molecular flexibility index (Phi) is 4.91. The summed E-state index contributed by atoms with van der Waals surface area (Å²) in [5, 5.41) is 7.94. The van der Waals surface area contributed by atoms with Crippen molar-refractivity contribution in [3.63, 3.8) is 0 Å². The normalized spacial score (nSPS) is 14.0. The van der Waals surface area contributed by atoms with Crippen molar-refractivity contribution in [3.05, 3.63) is 71.3 Å². The maximum absolute atomic E-state index is 12.2. The Morgan fingerprint density at radius 2 is 1.63 bits per heavy atom. The Hall–Kier alpha value is -3.10. The van der Waals surface area contributed by atoms with Gasteiger partial charge in [0.05, 0.1) is 32.9 Å². The predicted molar refractivity (Wildman–Crippen MR) is 113 cm³/mol. The number of hydrogen-bond donors (Lipinski definition) is 3. The van der Waals surface area contributed by atoms with Crippen LogP contribution in [0.5, 0.6) is 0 Å². The zero-order valence-corrected chi connectivity index (χ0v) is 17.3. The van der Waals surface area contributed by atoms with E-state index < -0.39 is 22.7 Å². The second kappa shape index (κ2) is 7.30. The number of fused-ring (bicyclic) bond motifs is 1. The number of nitrogens with one attached hydrogen (secondary N) is 3. The second-order valence-electron chi connectivity index (χ2n) is 6.84. The van der Waals surface area contributed by atoms with Crippen molar-refractivity contribution in [2.75, 3.05) is 10.6 Å². The molecule has 30 heavy (non-hydrogen) atoms. The SMILES string of the molecule is CC[C@@H](Nc1c(Nc2c(Cl)cc(Cl)c3c2C(=O)NC3=O)c(=O)c1=O)c1ccc(C)o1. The lowest BCUT2D eigenvalue weighted by atomic mass is 10.1. The van der Waals surface area contributed by atoms with E-state index >= 15 is 0 Å². The monoisotopic (exact) mass is 447 g/mol. The minimum Gasteiger partial charge on any atom is -0.464 e. The van der Waals surface area contributed by atoms with E-state index in [0.29, 0.717) is 17.9 Å². The molecule has 8 nitrogen and oxygen atoms in total. The maximum atomic E-state index is 12.2. The van der Waals surface area contributed by atoms with E-state index in [1.807, 2.05) is 6.92 Å². The fraction of sp³-hybridized carbons (Fsp3) is 0.200. The Morgan fingerprint density at radius 3 is 2.27 bits per heavy atom. The average Bonchev–Trinajstić information content (AvgIpc) is 3.26. The van der Waals surface area contributed by atoms with Crippen molar-refractivity contribution in [1.82, 2.24) is 5.32 Å². The highest BCUT2D eigenvalue weighted by atomic mass is 35.5. The highest BCUT2D eigenvalue weighted by Gasteiger charge is 2.35. The molecule has 3 aromatic rings. The molecule has 0 unspecified atom stereocenters. The number of halogens is 2. The first-order chi connectivity index (χ1) is 14.2. The van der Waals surface area contributed by atoms with Crippen LogP contribution in [0.3, 0.4) is 0 Å². The summed E-state index contributed by atoms with van der Waals surface area (Å²) in [4.78, 5) is 48.7. The van der Waals surface area contributed by atoms with Gasteiger partial charge in [-0.25, -0.2) is 0 Å². The Bertz CT molecular complexity index is 1290. The van der Waals surface area contributed by atoms with Crippen LogP contribution < -0.4 is 26.8 Å². The van der Waals surface area contributed by atoms with E-state index in [1.54, 1.807) is 19.1 Å². The third kappa shape index (κ3) is 3.09. The van der Waals surface area contributed by atoms with Crippen molar-refractivity contribution < 1.29 is 14.0 Å². The Labute approximate surface area is 179 Å². The first kappa shape index (κ1) is 20.2. The summed E-state index contributed by atoms with van der Waals surface area (Å²) in [5.74, 6) is -0.0351. The first-order valence-electron chi connectivity index (χ1n) is 9.03. The number of imide groups is 1. The number of benzene rings is 1. The molecular weight excluding hydrogens is 433 g/mol. The molecular formula is C20H15Cl2N3O5. The number of hydrogen-bond acceptors (Lipinski definition) is 7. The number of aryl methyl sites for hydroxylation is 1. The smallest absolute Gasteiger partial charge is 0.261 e. The van der Waals surface area contributed by atoms with Crippen molar-refractivity contribution in [2.24, 2.45) is 0 Å². The second-order valence-corrected chi connectivity index (χ2v) is 7.65. The maximum Gasteiger partial charge on any atom is 0.261 e. The van der Waals surface area contributed by atoms with Crippen LogP contribution in [0.4, 0.5) is 17.1 Å². The molecule has 2 amide bonds. The van der Waals surface area contributed by atoms with Gasteiger partial charge in [-0.1, -0.05) is 30.1 Å². The lowest BCUT2D eigenvalue weighted by molar-refractivity contribution is 0.0880. The molecule has 0 saturated heterocycles. The summed E-state index contributed by atoms with van der Waals surface area (Å²) >= 11 is 12.3. The first-order valence-corrected chi connectivity index (χ1v) is 9.79. The molecule has 0 bridgehead atoms. The Morgan fingerprint density at radius 1 is 0.967 bits per heavy atom. The molecule has 154 valence electrons. The van der Waals surface area contributed by atoms with Gasteiger partial charge in [-0.05, 0) is 31.5 Å². The summed E-state index contributed by atoms with van der Waals surface area (Å²) in [7, 11) is 0. The number of furan rings is 1. The number of amides is 2. The number of carbonyl (C=O) groups excluding carboxylic acids is 2. The van der Waals surface area contributed by atoms with E-state index in [4.69, 9.17) is 27.6 Å². The summed E-state index contributed by atoms with van der Waals surface area (Å²) in [6.07, 6.45) is 0.583. The van der Waals surface area contributed by atoms with Gasteiger partial charge in [0.15, 0.2) is 0 Å². The Balaban J connectivity index is 1.73. The van der Waals surface area contributed by atoms with Gasteiger partial charge in [0.1, 0.15) is 22.9 Å². The van der Waals surface area contributed by atoms with Crippen molar-refractivity contribution >= 4 is 52.1 Å². The van der Waals surface area contributed by atoms with E-state index in [9.17, 15) is 19.2 Å². The van der Waals surface area contributed by atoms with Crippen LogP contribution in [0.25, 0.3) is 0 Å². The van der Waals surface area contributed by atoms with Crippen LogP contribution in [0.2, 0.25) is 10.0 Å². The highest BCUT2D eigenvalue weighted by molar-refractivity contribution is 6.42. The number of anilines is 3. The van der Waals surface area contributed by atoms with Crippen LogP contribution in [0, 0.1) is 6.92 Å². The quantitative estimate of drug-likeness (QED) is 0.389. The molecule has 1 aromatic heterocycles. The van der Waals surface area contributed by atoms with E-state index in [2.05, 4.69) is 16.0 Å². The lowest BCUT2D eigenvalue weighted by Crippen LogP contribution is -2.37. The summed E-state index contributed by atoms with van der Waals surface area (Å²) in [5.41, 5.74) is -1.58. The highest BCUT2D eigenvalue weighted by Crippen LogP contribution is 2.39. The van der Waals surface area contributed by atoms with Gasteiger partial charge in [0.2, 0.25) is 0 Å². The van der Waals surface area contributed by atoms with Crippen LogP contribution in [-0.4, -0.2) is 11.8 Å². The van der Waals surface area contributed by atoms with Crippen LogP contribution in [0.15, 0.2) is 32.2 Å². The molecule has 2 aromatic carbocycles. The summed E-state index contributed by atoms with van der Waals surface area (Å²) in [6.45, 7) is 3.70. The molecule has 0 radical (unpaired) electrons. The van der Waals surface area contributed by atoms with Crippen LogP contribution in [0.1, 0.15) is 51.6 Å². The molecule has 1 aliphatic heterocycles. The van der Waals surface area contributed by atoms with Crippen LogP contribution in [-0.2, 0) is 0 Å². The topological polar surface area (TPSA) is 118 Å². The molecule has 1 atom stereocenters. The van der Waals surface area contributed by atoms with Crippen molar-refractivity contribution in [1.29, 1.82) is 0 Å². The third-order valence-electron chi connectivity index (χ3n) is 4.90. The van der Waals surface area contributed by atoms with E-state index in [-0.39, 0.29) is 44.3 Å². The van der Waals surface area contributed by atoms with Gasteiger partial charge in [-0.3, -0.25) is 24.5 Å². The van der Waals surface area contributed by atoms with Gasteiger partial charge in [0.25, 0.3) is 22.7 Å². The average molecular weight is 448 g/mol. The minimum atomic E-state index is -0.771. The summed E-state index contributed by atoms with van der Waals surface area (Å²) < 4.78 is 5.61. The third-order valence-corrected chi connectivity index (χ3v) is 5.50. The summed E-state index contributed by atoms with van der Waals surface area (Å²) in [6, 6.07) is 4.53.